The fourth-order valence-corrected chi connectivity index (χ4v) is 1.22. The zero-order valence-electron chi connectivity index (χ0n) is 9.19. The highest BCUT2D eigenvalue weighted by atomic mass is 19.1. The highest BCUT2D eigenvalue weighted by Crippen LogP contribution is 2.12. The summed E-state index contributed by atoms with van der Waals surface area (Å²) in [5.41, 5.74) is -0.403. The summed E-state index contributed by atoms with van der Waals surface area (Å²) in [6.45, 7) is -0.524. The summed E-state index contributed by atoms with van der Waals surface area (Å²) in [4.78, 5) is 21.6. The van der Waals surface area contributed by atoms with E-state index in [9.17, 15) is 18.4 Å². The molecular weight excluding hydrogens is 248 g/mol. The minimum atomic E-state index is -1.75. The lowest BCUT2D eigenvalue weighted by Gasteiger charge is -2.08. The van der Waals surface area contributed by atoms with Crippen LogP contribution in [0.5, 0.6) is 0 Å². The molecule has 0 radical (unpaired) electrons. The molecule has 0 bridgehead atoms. The second-order valence-electron chi connectivity index (χ2n) is 3.54. The molecule has 0 aromatic heterocycles. The first-order chi connectivity index (χ1) is 8.41. The number of hydrogen-bond acceptors (Lipinski definition) is 3. The lowest BCUT2D eigenvalue weighted by atomic mass is 10.1. The van der Waals surface area contributed by atoms with Gasteiger partial charge < -0.3 is 15.5 Å². The Balaban J connectivity index is 2.58. The molecule has 0 aliphatic rings. The van der Waals surface area contributed by atoms with E-state index in [1.54, 1.807) is 0 Å². The van der Waals surface area contributed by atoms with Gasteiger partial charge in [0.15, 0.2) is 6.10 Å². The second kappa shape index (κ2) is 6.06. The SMILES string of the molecule is O=C(Cc1c(F)cccc1F)NCC(O)C(=O)O. The van der Waals surface area contributed by atoms with E-state index < -0.39 is 48.1 Å². The highest BCUT2D eigenvalue weighted by Gasteiger charge is 2.16. The van der Waals surface area contributed by atoms with Gasteiger partial charge in [-0.1, -0.05) is 6.07 Å². The topological polar surface area (TPSA) is 86.6 Å². The zero-order valence-corrected chi connectivity index (χ0v) is 9.19. The van der Waals surface area contributed by atoms with Crippen LogP contribution in [-0.2, 0) is 16.0 Å². The molecule has 0 saturated carbocycles. The van der Waals surface area contributed by atoms with E-state index >= 15 is 0 Å². The number of aliphatic hydroxyl groups is 1. The van der Waals surface area contributed by atoms with E-state index in [0.29, 0.717) is 0 Å². The molecule has 0 aliphatic carbocycles. The molecule has 1 aromatic rings. The molecule has 0 aliphatic heterocycles. The van der Waals surface area contributed by atoms with Crippen molar-refractivity contribution in [3.8, 4) is 0 Å². The van der Waals surface area contributed by atoms with Gasteiger partial charge in [-0.2, -0.15) is 0 Å². The standard InChI is InChI=1S/C11H11F2NO4/c12-7-2-1-3-8(13)6(7)4-10(16)14-5-9(15)11(17)18/h1-3,9,15H,4-5H2,(H,14,16)(H,17,18). The summed E-state index contributed by atoms with van der Waals surface area (Å²) in [7, 11) is 0. The van der Waals surface area contributed by atoms with Gasteiger partial charge in [0.05, 0.1) is 13.0 Å². The number of carboxylic acids is 1. The number of amides is 1. The zero-order chi connectivity index (χ0) is 13.7. The smallest absolute Gasteiger partial charge is 0.334 e. The predicted octanol–water partition coefficient (Wildman–Crippen LogP) is 0.0690. The Morgan fingerprint density at radius 1 is 1.28 bits per heavy atom. The van der Waals surface area contributed by atoms with Crippen molar-refractivity contribution in [2.45, 2.75) is 12.5 Å². The highest BCUT2D eigenvalue weighted by molar-refractivity contribution is 5.80. The number of benzene rings is 1. The van der Waals surface area contributed by atoms with Crippen LogP contribution in [0.4, 0.5) is 8.78 Å². The summed E-state index contributed by atoms with van der Waals surface area (Å²) in [5.74, 6) is -3.99. The molecule has 0 heterocycles. The van der Waals surface area contributed by atoms with E-state index in [0.717, 1.165) is 12.1 Å². The van der Waals surface area contributed by atoms with Crippen molar-refractivity contribution in [1.29, 1.82) is 0 Å². The number of nitrogens with one attached hydrogen (secondary N) is 1. The summed E-state index contributed by atoms with van der Waals surface area (Å²) in [6.07, 6.45) is -2.32. The Morgan fingerprint density at radius 3 is 2.33 bits per heavy atom. The predicted molar refractivity (Wildman–Crippen MR) is 56.7 cm³/mol. The van der Waals surface area contributed by atoms with E-state index in [1.807, 2.05) is 0 Å². The number of hydrogen-bond donors (Lipinski definition) is 3. The number of aliphatic hydroxyl groups excluding tert-OH is 1. The third-order valence-electron chi connectivity index (χ3n) is 2.18. The first-order valence-corrected chi connectivity index (χ1v) is 5.02. The molecule has 0 spiro atoms. The number of carbonyl (C=O) groups is 2. The molecule has 0 fully saturated rings. The third-order valence-corrected chi connectivity index (χ3v) is 2.18. The van der Waals surface area contributed by atoms with Crippen LogP contribution in [0.15, 0.2) is 18.2 Å². The molecule has 1 aromatic carbocycles. The summed E-state index contributed by atoms with van der Waals surface area (Å²) >= 11 is 0. The van der Waals surface area contributed by atoms with Crippen molar-refractivity contribution in [2.75, 3.05) is 6.54 Å². The summed E-state index contributed by atoms with van der Waals surface area (Å²) in [6, 6.07) is 3.19. The molecule has 1 rings (SSSR count). The van der Waals surface area contributed by atoms with Gasteiger partial charge in [0, 0.05) is 5.56 Å². The molecule has 1 atom stereocenters. The van der Waals surface area contributed by atoms with Crippen molar-refractivity contribution in [3.05, 3.63) is 35.4 Å². The minimum Gasteiger partial charge on any atom is -0.479 e. The van der Waals surface area contributed by atoms with Crippen LogP contribution in [-0.4, -0.2) is 34.7 Å². The van der Waals surface area contributed by atoms with Gasteiger partial charge in [0.1, 0.15) is 11.6 Å². The number of carboxylic acid groups (broad SMARTS) is 1. The quantitative estimate of drug-likeness (QED) is 0.698. The Hall–Kier alpha value is -2.02. The van der Waals surface area contributed by atoms with Crippen molar-refractivity contribution in [1.82, 2.24) is 5.32 Å². The Bertz CT molecular complexity index is 444. The van der Waals surface area contributed by atoms with Crippen molar-refractivity contribution >= 4 is 11.9 Å². The molecule has 18 heavy (non-hydrogen) atoms. The number of aliphatic carboxylic acids is 1. The maximum absolute atomic E-state index is 13.2. The number of halogens is 2. The molecule has 3 N–H and O–H groups in total. The van der Waals surface area contributed by atoms with Crippen molar-refractivity contribution < 1.29 is 28.6 Å². The molecule has 1 amide bonds. The lowest BCUT2D eigenvalue weighted by Crippen LogP contribution is -2.37. The van der Waals surface area contributed by atoms with Gasteiger partial charge in [-0.05, 0) is 12.1 Å². The third kappa shape index (κ3) is 3.77. The maximum Gasteiger partial charge on any atom is 0.334 e. The van der Waals surface area contributed by atoms with Gasteiger partial charge in [-0.3, -0.25) is 4.79 Å². The van der Waals surface area contributed by atoms with E-state index in [2.05, 4.69) is 5.32 Å². The second-order valence-corrected chi connectivity index (χ2v) is 3.54. The summed E-state index contributed by atoms with van der Waals surface area (Å²) in [5, 5.41) is 19.3. The molecule has 1 unspecified atom stereocenters. The molecule has 98 valence electrons. The van der Waals surface area contributed by atoms with Gasteiger partial charge >= 0.3 is 5.97 Å². The first kappa shape index (κ1) is 14.0. The average molecular weight is 259 g/mol. The average Bonchev–Trinajstić information content (AvgIpc) is 2.30. The molecule has 0 saturated heterocycles. The van der Waals surface area contributed by atoms with Crippen LogP contribution >= 0.6 is 0 Å². The van der Waals surface area contributed by atoms with Gasteiger partial charge in [-0.25, -0.2) is 13.6 Å². The van der Waals surface area contributed by atoms with Crippen molar-refractivity contribution in [3.63, 3.8) is 0 Å². The monoisotopic (exact) mass is 259 g/mol. The first-order valence-electron chi connectivity index (χ1n) is 5.02. The largest absolute Gasteiger partial charge is 0.479 e. The fraction of sp³-hybridized carbons (Fsp3) is 0.273. The Kier molecular flexibility index (Phi) is 4.73. The van der Waals surface area contributed by atoms with Crippen LogP contribution in [0.1, 0.15) is 5.56 Å². The van der Waals surface area contributed by atoms with Crippen LogP contribution in [0.25, 0.3) is 0 Å². The Morgan fingerprint density at radius 2 is 1.83 bits per heavy atom. The fourth-order valence-electron chi connectivity index (χ4n) is 1.22. The van der Waals surface area contributed by atoms with E-state index in [1.165, 1.54) is 6.07 Å². The number of rotatable bonds is 5. The van der Waals surface area contributed by atoms with Crippen LogP contribution in [0.3, 0.4) is 0 Å². The number of carbonyl (C=O) groups excluding carboxylic acids is 1. The molecule has 7 heteroatoms. The minimum absolute atomic E-state index is 0.403. The molecule has 5 nitrogen and oxygen atoms in total. The molecular formula is C11H11F2NO4. The Labute approximate surface area is 101 Å². The maximum atomic E-state index is 13.2. The van der Waals surface area contributed by atoms with Crippen LogP contribution in [0, 0.1) is 11.6 Å². The lowest BCUT2D eigenvalue weighted by molar-refractivity contribution is -0.146. The van der Waals surface area contributed by atoms with Gasteiger partial charge in [-0.15, -0.1) is 0 Å². The van der Waals surface area contributed by atoms with E-state index in [4.69, 9.17) is 10.2 Å². The summed E-state index contributed by atoms with van der Waals surface area (Å²) < 4.78 is 26.3. The van der Waals surface area contributed by atoms with Gasteiger partial charge in [0.25, 0.3) is 0 Å². The van der Waals surface area contributed by atoms with Crippen LogP contribution < -0.4 is 5.32 Å². The normalized spacial score (nSPS) is 11.9. The van der Waals surface area contributed by atoms with Crippen molar-refractivity contribution in [2.24, 2.45) is 0 Å². The van der Waals surface area contributed by atoms with Gasteiger partial charge in [0.2, 0.25) is 5.91 Å². The van der Waals surface area contributed by atoms with E-state index in [-0.39, 0.29) is 0 Å². The van der Waals surface area contributed by atoms with Crippen LogP contribution in [0.2, 0.25) is 0 Å².